The molecule has 1 aromatic heterocycles. The van der Waals surface area contributed by atoms with Crippen molar-refractivity contribution in [1.29, 1.82) is 0 Å². The molecule has 2 aromatic carbocycles. The first-order valence-corrected chi connectivity index (χ1v) is 9.51. The van der Waals surface area contributed by atoms with Gasteiger partial charge in [-0.3, -0.25) is 0 Å². The first-order valence-electron chi connectivity index (χ1n) is 9.51. The van der Waals surface area contributed by atoms with Gasteiger partial charge in [-0.15, -0.1) is 5.10 Å². The molecule has 7 nitrogen and oxygen atoms in total. The zero-order valence-electron chi connectivity index (χ0n) is 16.0. The summed E-state index contributed by atoms with van der Waals surface area (Å²) in [6, 6.07) is 12.0. The molecular formula is C21H23N5O2. The minimum Gasteiger partial charge on any atom is -0.486 e. The molecule has 2 heterocycles. The molecule has 0 bridgehead atoms. The van der Waals surface area contributed by atoms with Gasteiger partial charge < -0.3 is 20.1 Å². The maximum absolute atomic E-state index is 5.63. The molecule has 0 atom stereocenters. The van der Waals surface area contributed by atoms with E-state index in [-0.39, 0.29) is 0 Å². The molecule has 0 spiro atoms. The summed E-state index contributed by atoms with van der Waals surface area (Å²) < 4.78 is 11.2. The lowest BCUT2D eigenvalue weighted by Gasteiger charge is -2.19. The number of rotatable bonds is 6. The van der Waals surface area contributed by atoms with Crippen LogP contribution in [-0.4, -0.2) is 28.4 Å². The zero-order chi connectivity index (χ0) is 19.3. The van der Waals surface area contributed by atoms with E-state index in [4.69, 9.17) is 9.47 Å². The van der Waals surface area contributed by atoms with Gasteiger partial charge in [0.2, 0.25) is 5.95 Å². The van der Waals surface area contributed by atoms with E-state index in [1.165, 1.54) is 11.1 Å². The van der Waals surface area contributed by atoms with Gasteiger partial charge >= 0.3 is 0 Å². The summed E-state index contributed by atoms with van der Waals surface area (Å²) in [5.74, 6) is 2.53. The third-order valence-electron chi connectivity index (χ3n) is 4.61. The molecule has 28 heavy (non-hydrogen) atoms. The predicted octanol–water partition coefficient (Wildman–Crippen LogP) is 4.25. The molecule has 0 amide bonds. The van der Waals surface area contributed by atoms with Crippen LogP contribution in [0.5, 0.6) is 11.5 Å². The monoisotopic (exact) mass is 377 g/mol. The molecule has 3 aromatic rings. The number of benzene rings is 2. The van der Waals surface area contributed by atoms with Gasteiger partial charge in [-0.25, -0.2) is 0 Å². The maximum atomic E-state index is 5.63. The van der Waals surface area contributed by atoms with Gasteiger partial charge in [0.15, 0.2) is 17.3 Å². The summed E-state index contributed by atoms with van der Waals surface area (Å²) >= 11 is 0. The van der Waals surface area contributed by atoms with Crippen LogP contribution in [-0.2, 0) is 12.8 Å². The van der Waals surface area contributed by atoms with E-state index in [2.05, 4.69) is 57.9 Å². The Balaban J connectivity index is 1.56. The molecule has 7 heteroatoms. The quantitative estimate of drug-likeness (QED) is 0.664. The van der Waals surface area contributed by atoms with Gasteiger partial charge in [-0.1, -0.05) is 32.0 Å². The van der Waals surface area contributed by atoms with E-state index < -0.39 is 0 Å². The smallest absolute Gasteiger partial charge is 0.249 e. The second kappa shape index (κ2) is 8.12. The highest BCUT2D eigenvalue weighted by molar-refractivity contribution is 5.65. The zero-order valence-corrected chi connectivity index (χ0v) is 16.0. The molecule has 0 fully saturated rings. The Kier molecular flexibility index (Phi) is 5.23. The Morgan fingerprint density at radius 3 is 2.43 bits per heavy atom. The fourth-order valence-electron chi connectivity index (χ4n) is 3.20. The molecule has 0 saturated carbocycles. The predicted molar refractivity (Wildman–Crippen MR) is 109 cm³/mol. The summed E-state index contributed by atoms with van der Waals surface area (Å²) in [6.07, 6.45) is 3.45. The minimum atomic E-state index is 0.457. The molecule has 1 aliphatic rings. The van der Waals surface area contributed by atoms with Crippen molar-refractivity contribution in [2.45, 2.75) is 26.7 Å². The number of aromatic nitrogens is 3. The number of nitrogens with one attached hydrogen (secondary N) is 2. The fourth-order valence-corrected chi connectivity index (χ4v) is 3.20. The number of anilines is 4. The van der Waals surface area contributed by atoms with Gasteiger partial charge in [-0.2, -0.15) is 10.1 Å². The SMILES string of the molecule is CCc1cccc(CC)c1Nc1nncc(Nc2ccc3c(c2)OCCO3)n1. The summed E-state index contributed by atoms with van der Waals surface area (Å²) in [5.41, 5.74) is 4.37. The summed E-state index contributed by atoms with van der Waals surface area (Å²) in [7, 11) is 0. The lowest BCUT2D eigenvalue weighted by atomic mass is 10.0. The topological polar surface area (TPSA) is 81.2 Å². The second-order valence-corrected chi connectivity index (χ2v) is 6.43. The minimum absolute atomic E-state index is 0.457. The highest BCUT2D eigenvalue weighted by Crippen LogP contribution is 2.33. The van der Waals surface area contributed by atoms with Crippen LogP contribution < -0.4 is 20.1 Å². The van der Waals surface area contributed by atoms with Crippen molar-refractivity contribution >= 4 is 23.1 Å². The molecule has 0 unspecified atom stereocenters. The Bertz CT molecular complexity index is 955. The lowest BCUT2D eigenvalue weighted by molar-refractivity contribution is 0.171. The van der Waals surface area contributed by atoms with E-state index in [9.17, 15) is 0 Å². The molecular weight excluding hydrogens is 354 g/mol. The number of hydrogen-bond acceptors (Lipinski definition) is 7. The van der Waals surface area contributed by atoms with Crippen LogP contribution in [0.3, 0.4) is 0 Å². The number of nitrogens with zero attached hydrogens (tertiary/aromatic N) is 3. The first-order chi connectivity index (χ1) is 13.8. The van der Waals surface area contributed by atoms with E-state index in [1.54, 1.807) is 6.20 Å². The van der Waals surface area contributed by atoms with Gasteiger partial charge in [0.1, 0.15) is 13.2 Å². The van der Waals surface area contributed by atoms with Crippen LogP contribution >= 0.6 is 0 Å². The van der Waals surface area contributed by atoms with Crippen LogP contribution in [0, 0.1) is 0 Å². The molecule has 1 aliphatic heterocycles. The summed E-state index contributed by atoms with van der Waals surface area (Å²) in [6.45, 7) is 5.40. The van der Waals surface area contributed by atoms with Crippen LogP contribution in [0.4, 0.5) is 23.1 Å². The first kappa shape index (κ1) is 18.0. The second-order valence-electron chi connectivity index (χ2n) is 6.43. The molecule has 144 valence electrons. The molecule has 4 rings (SSSR count). The van der Waals surface area contributed by atoms with Gasteiger partial charge in [0, 0.05) is 17.4 Å². The lowest BCUT2D eigenvalue weighted by Crippen LogP contribution is -2.15. The normalized spacial score (nSPS) is 12.5. The van der Waals surface area contributed by atoms with Crippen molar-refractivity contribution in [3.8, 4) is 11.5 Å². The Morgan fingerprint density at radius 1 is 0.929 bits per heavy atom. The Labute approximate surface area is 164 Å². The van der Waals surface area contributed by atoms with Crippen LogP contribution in [0.25, 0.3) is 0 Å². The van der Waals surface area contributed by atoms with Crippen molar-refractivity contribution in [2.75, 3.05) is 23.8 Å². The average molecular weight is 377 g/mol. The van der Waals surface area contributed by atoms with Crippen LogP contribution in [0.2, 0.25) is 0 Å². The van der Waals surface area contributed by atoms with E-state index in [0.29, 0.717) is 25.0 Å². The van der Waals surface area contributed by atoms with E-state index in [0.717, 1.165) is 35.7 Å². The third-order valence-corrected chi connectivity index (χ3v) is 4.61. The highest BCUT2D eigenvalue weighted by Gasteiger charge is 2.13. The van der Waals surface area contributed by atoms with Gasteiger partial charge in [-0.05, 0) is 36.1 Å². The summed E-state index contributed by atoms with van der Waals surface area (Å²) in [5, 5.41) is 14.8. The largest absolute Gasteiger partial charge is 0.486 e. The van der Waals surface area contributed by atoms with E-state index >= 15 is 0 Å². The van der Waals surface area contributed by atoms with Crippen molar-refractivity contribution in [1.82, 2.24) is 15.2 Å². The van der Waals surface area contributed by atoms with Gasteiger partial charge in [0.25, 0.3) is 0 Å². The van der Waals surface area contributed by atoms with Crippen molar-refractivity contribution in [3.05, 3.63) is 53.7 Å². The number of ether oxygens (including phenoxy) is 2. The maximum Gasteiger partial charge on any atom is 0.249 e. The van der Waals surface area contributed by atoms with Gasteiger partial charge in [0.05, 0.1) is 6.20 Å². The standard InChI is InChI=1S/C21H23N5O2/c1-3-14-6-5-7-15(4-2)20(14)25-21-24-19(13-22-26-21)23-16-8-9-17-18(12-16)28-11-10-27-17/h5-9,12-13H,3-4,10-11H2,1-2H3,(H2,23,24,25,26). The van der Waals surface area contributed by atoms with Crippen LogP contribution in [0.1, 0.15) is 25.0 Å². The molecule has 0 radical (unpaired) electrons. The number of para-hydroxylation sites is 1. The Morgan fingerprint density at radius 2 is 1.68 bits per heavy atom. The highest BCUT2D eigenvalue weighted by atomic mass is 16.6. The number of fused-ring (bicyclic) bond motifs is 1. The van der Waals surface area contributed by atoms with Crippen molar-refractivity contribution < 1.29 is 9.47 Å². The number of hydrogen-bond donors (Lipinski definition) is 2. The van der Waals surface area contributed by atoms with Crippen molar-refractivity contribution in [3.63, 3.8) is 0 Å². The van der Waals surface area contributed by atoms with Crippen LogP contribution in [0.15, 0.2) is 42.6 Å². The molecule has 2 N–H and O–H groups in total. The molecule has 0 aliphatic carbocycles. The van der Waals surface area contributed by atoms with E-state index in [1.807, 2.05) is 18.2 Å². The average Bonchev–Trinajstić information content (AvgIpc) is 2.74. The third kappa shape index (κ3) is 3.83. The summed E-state index contributed by atoms with van der Waals surface area (Å²) in [4.78, 5) is 4.56. The molecule has 0 saturated heterocycles. The Hall–Kier alpha value is -3.35. The van der Waals surface area contributed by atoms with Crippen molar-refractivity contribution in [2.24, 2.45) is 0 Å². The fraction of sp³-hybridized carbons (Fsp3) is 0.286. The number of aryl methyl sites for hydroxylation is 2.